The maximum absolute atomic E-state index is 13.6. The van der Waals surface area contributed by atoms with Gasteiger partial charge in [-0.15, -0.1) is 0 Å². The number of amides is 1. The maximum Gasteiger partial charge on any atom is 0.411 e. The second-order valence-corrected chi connectivity index (χ2v) is 19.6. The monoisotopic (exact) mass is 473 g/mol. The molecule has 170 valence electrons. The summed E-state index contributed by atoms with van der Waals surface area (Å²) in [4.78, 5) is 15.5. The lowest BCUT2D eigenvalue weighted by Gasteiger charge is -2.28. The number of rotatable bonds is 0. The zero-order valence-electron chi connectivity index (χ0n) is 20.4. The number of fused-ring (bicyclic) bond motifs is 10. The van der Waals surface area contributed by atoms with Crippen molar-refractivity contribution >= 4 is 43.9 Å². The minimum Gasteiger partial charge on any atom is -0.449 e. The first-order valence-electron chi connectivity index (χ1n) is 11.8. The molecule has 3 aromatic carbocycles. The van der Waals surface area contributed by atoms with Gasteiger partial charge in [0.15, 0.2) is 0 Å². The van der Waals surface area contributed by atoms with Gasteiger partial charge in [-0.1, -0.05) is 36.4 Å². The van der Waals surface area contributed by atoms with Crippen molar-refractivity contribution in [3.63, 3.8) is 0 Å². The van der Waals surface area contributed by atoms with Gasteiger partial charge < -0.3 is 8.85 Å². The van der Waals surface area contributed by atoms with E-state index in [-0.39, 0.29) is 18.2 Å². The molecule has 1 amide bonds. The van der Waals surface area contributed by atoms with Gasteiger partial charge >= 0.3 is 6.09 Å². The van der Waals surface area contributed by atoms with Gasteiger partial charge in [0.2, 0.25) is 16.6 Å². The van der Waals surface area contributed by atoms with Gasteiger partial charge in [0.05, 0.1) is 12.1 Å². The summed E-state index contributed by atoms with van der Waals surface area (Å²) in [6, 6.07) is 17.6. The first-order chi connectivity index (χ1) is 15.4. The summed E-state index contributed by atoms with van der Waals surface area (Å²) in [7, 11) is -3.92. The van der Waals surface area contributed by atoms with Gasteiger partial charge in [0.1, 0.15) is 5.60 Å². The molecule has 3 heterocycles. The number of hydrogen-bond acceptors (Lipinski definition) is 3. The molecule has 6 heteroatoms. The van der Waals surface area contributed by atoms with Crippen molar-refractivity contribution in [1.82, 2.24) is 4.90 Å². The third-order valence-corrected chi connectivity index (χ3v) is 15.1. The van der Waals surface area contributed by atoms with Crippen LogP contribution < -0.4 is 10.4 Å². The number of ether oxygens (including phenoxy) is 1. The van der Waals surface area contributed by atoms with E-state index in [0.29, 0.717) is 0 Å². The Balaban J connectivity index is 1.59. The molecule has 2 atom stereocenters. The topological polar surface area (TPSA) is 38.8 Å². The van der Waals surface area contributed by atoms with Crippen LogP contribution in [0.1, 0.15) is 55.1 Å². The Morgan fingerprint density at radius 3 is 1.67 bits per heavy atom. The fourth-order valence-electron chi connectivity index (χ4n) is 6.21. The predicted octanol–water partition coefficient (Wildman–Crippen LogP) is 5.44. The third-order valence-electron chi connectivity index (χ3n) is 7.32. The van der Waals surface area contributed by atoms with Crippen LogP contribution in [0.3, 0.4) is 0 Å². The summed E-state index contributed by atoms with van der Waals surface area (Å²) in [6.07, 6.45) is -0.238. The van der Waals surface area contributed by atoms with E-state index in [1.54, 1.807) is 0 Å². The van der Waals surface area contributed by atoms with Crippen molar-refractivity contribution in [1.29, 1.82) is 0 Å². The molecule has 0 saturated heterocycles. The van der Waals surface area contributed by atoms with Crippen LogP contribution in [0.4, 0.5) is 4.79 Å². The minimum atomic E-state index is -1.96. The van der Waals surface area contributed by atoms with Crippen molar-refractivity contribution in [2.45, 2.75) is 64.6 Å². The Bertz CT molecular complexity index is 1270. The Morgan fingerprint density at radius 2 is 1.24 bits per heavy atom. The van der Waals surface area contributed by atoms with Gasteiger partial charge in [-0.05, 0) is 102 Å². The average Bonchev–Trinajstić information content (AvgIpc) is 3.26. The van der Waals surface area contributed by atoms with Crippen LogP contribution in [-0.4, -0.2) is 33.2 Å². The van der Waals surface area contributed by atoms with E-state index in [2.05, 4.69) is 74.7 Å². The number of carbonyl (C=O) groups excluding carboxylic acids is 1. The molecule has 0 saturated carbocycles. The quantitative estimate of drug-likeness (QED) is 0.408. The molecule has 0 radical (unpaired) electrons. The van der Waals surface area contributed by atoms with Crippen molar-refractivity contribution in [2.24, 2.45) is 0 Å². The van der Waals surface area contributed by atoms with Gasteiger partial charge in [0, 0.05) is 0 Å². The molecular weight excluding hydrogens is 442 g/mol. The lowest BCUT2D eigenvalue weighted by Crippen LogP contribution is -2.44. The van der Waals surface area contributed by atoms with Gasteiger partial charge in [-0.2, -0.15) is 0 Å². The highest BCUT2D eigenvalue weighted by Crippen LogP contribution is 2.57. The largest absolute Gasteiger partial charge is 0.449 e. The summed E-state index contributed by atoms with van der Waals surface area (Å²) < 4.78 is 12.7. The van der Waals surface area contributed by atoms with Gasteiger partial charge in [-0.3, -0.25) is 4.90 Å². The molecule has 3 aliphatic rings. The van der Waals surface area contributed by atoms with E-state index in [1.807, 2.05) is 25.7 Å². The van der Waals surface area contributed by atoms with E-state index in [9.17, 15) is 4.79 Å². The Hall–Kier alpha value is -2.42. The summed E-state index contributed by atoms with van der Waals surface area (Å²) in [5.74, 6) is 0. The first kappa shape index (κ1) is 21.1. The normalized spacial score (nSPS) is 23.4. The van der Waals surface area contributed by atoms with Crippen molar-refractivity contribution in [3.05, 3.63) is 70.8 Å². The third kappa shape index (κ3) is 2.93. The molecule has 6 rings (SSSR count). The molecule has 33 heavy (non-hydrogen) atoms. The van der Waals surface area contributed by atoms with Gasteiger partial charge in [-0.25, -0.2) is 4.79 Å². The smallest absolute Gasteiger partial charge is 0.411 e. The lowest BCUT2D eigenvalue weighted by atomic mass is 9.84. The summed E-state index contributed by atoms with van der Waals surface area (Å²) in [6.45, 7) is 15.0. The van der Waals surface area contributed by atoms with Gasteiger partial charge in [0.25, 0.3) is 0 Å². The van der Waals surface area contributed by atoms with Crippen LogP contribution in [0.15, 0.2) is 48.5 Å². The summed E-state index contributed by atoms with van der Waals surface area (Å²) in [5, 5.41) is 5.25. The highest BCUT2D eigenvalue weighted by atomic mass is 28.4. The number of carbonyl (C=O) groups is 1. The Kier molecular flexibility index (Phi) is 4.08. The molecule has 0 aromatic heterocycles. The van der Waals surface area contributed by atoms with Crippen LogP contribution in [-0.2, 0) is 8.85 Å². The van der Waals surface area contributed by atoms with E-state index >= 15 is 0 Å². The van der Waals surface area contributed by atoms with E-state index in [1.165, 1.54) is 43.4 Å². The lowest BCUT2D eigenvalue weighted by molar-refractivity contribution is 0.0194. The molecule has 2 bridgehead atoms. The maximum atomic E-state index is 13.6. The highest BCUT2D eigenvalue weighted by molar-refractivity contribution is 7.05. The molecule has 3 aromatic rings. The fourth-order valence-corrected chi connectivity index (χ4v) is 16.4. The van der Waals surface area contributed by atoms with E-state index in [0.717, 1.165) is 0 Å². The number of nitrogens with zero attached hydrogens (tertiary/aromatic N) is 1. The average molecular weight is 474 g/mol. The summed E-state index contributed by atoms with van der Waals surface area (Å²) >= 11 is 0. The molecule has 3 aliphatic heterocycles. The van der Waals surface area contributed by atoms with Crippen LogP contribution in [0.5, 0.6) is 0 Å². The van der Waals surface area contributed by atoms with Crippen LogP contribution in [0.25, 0.3) is 10.8 Å². The second-order valence-electron chi connectivity index (χ2n) is 11.7. The second kappa shape index (κ2) is 6.37. The number of benzene rings is 3. The summed E-state index contributed by atoms with van der Waals surface area (Å²) in [5.41, 5.74) is 4.42. The minimum absolute atomic E-state index is 0.111. The predicted molar refractivity (Wildman–Crippen MR) is 137 cm³/mol. The van der Waals surface area contributed by atoms with Crippen molar-refractivity contribution in [3.8, 4) is 0 Å². The van der Waals surface area contributed by atoms with Crippen LogP contribution in [0, 0.1) is 0 Å². The Morgan fingerprint density at radius 1 is 0.818 bits per heavy atom. The zero-order chi connectivity index (χ0) is 23.5. The Labute approximate surface area is 197 Å². The number of hydrogen-bond donors (Lipinski definition) is 0. The molecule has 0 N–H and O–H groups in total. The van der Waals surface area contributed by atoms with Crippen molar-refractivity contribution < 1.29 is 13.6 Å². The molecular formula is C27H31NO3Si2. The van der Waals surface area contributed by atoms with Crippen molar-refractivity contribution in [2.75, 3.05) is 0 Å². The van der Waals surface area contributed by atoms with E-state index in [4.69, 9.17) is 8.85 Å². The van der Waals surface area contributed by atoms with E-state index < -0.39 is 22.2 Å². The molecule has 4 nitrogen and oxygen atoms in total. The standard InChI is InChI=1S/C27H31NO3Si2/c1-27(2,3)30-26(29)28-24-18-12-16-10-8-9-11-17(16)13-19(18)25(28)21-15-23-22(14-20(21)24)32(4,5)31-33(23,6)7/h8-15,24-25H,1-7H3. The zero-order valence-corrected chi connectivity index (χ0v) is 22.4. The molecule has 2 unspecified atom stereocenters. The SMILES string of the molecule is CC(C)(C)OC(=O)N1C2c3cc4c(cc3C1c1cc3ccccc3cc12)[Si](C)(C)O[Si]4(C)C. The molecule has 0 fully saturated rings. The van der Waals surface area contributed by atoms with Crippen LogP contribution >= 0.6 is 0 Å². The molecule has 0 aliphatic carbocycles. The molecule has 0 spiro atoms. The highest BCUT2D eigenvalue weighted by Gasteiger charge is 2.54. The fraction of sp³-hybridized carbons (Fsp3) is 0.370. The first-order valence-corrected chi connectivity index (χ1v) is 17.6. The van der Waals surface area contributed by atoms with Crippen LogP contribution in [0.2, 0.25) is 26.2 Å².